The maximum Gasteiger partial charge on any atom is 0.180 e. The molecule has 22 heavy (non-hydrogen) atoms. The molecule has 4 N–H and O–H groups in total. The molecule has 7 nitrogen and oxygen atoms in total. The lowest BCUT2D eigenvalue weighted by atomic mass is 10.1. The number of fused-ring (bicyclic) bond motifs is 1. The maximum atomic E-state index is 5.92. The van der Waals surface area contributed by atoms with Crippen LogP contribution in [0.25, 0.3) is 11.2 Å². The van der Waals surface area contributed by atoms with Crippen molar-refractivity contribution in [2.24, 2.45) is 5.73 Å². The van der Waals surface area contributed by atoms with Crippen molar-refractivity contribution in [3.63, 3.8) is 0 Å². The van der Waals surface area contributed by atoms with Crippen molar-refractivity contribution in [1.82, 2.24) is 24.7 Å². The van der Waals surface area contributed by atoms with Crippen LogP contribution in [-0.4, -0.2) is 25.5 Å². The monoisotopic (exact) mass is 293 g/mol. The summed E-state index contributed by atoms with van der Waals surface area (Å²) in [4.78, 5) is 12.9. The van der Waals surface area contributed by atoms with Gasteiger partial charge < -0.3 is 16.4 Å². The van der Waals surface area contributed by atoms with Gasteiger partial charge in [-0.15, -0.1) is 0 Å². The van der Waals surface area contributed by atoms with Gasteiger partial charge in [0.2, 0.25) is 0 Å². The first-order valence-corrected chi connectivity index (χ1v) is 7.00. The van der Waals surface area contributed by atoms with Crippen molar-refractivity contribution in [2.75, 3.05) is 5.32 Å². The molecule has 7 heteroatoms. The highest BCUT2D eigenvalue weighted by Crippen LogP contribution is 2.24. The van der Waals surface area contributed by atoms with E-state index < -0.39 is 0 Å². The molecule has 0 bridgehead atoms. The summed E-state index contributed by atoms with van der Waals surface area (Å²) in [6.45, 7) is 0.645. The fourth-order valence-electron chi connectivity index (χ4n) is 2.44. The Hall–Kier alpha value is -2.93. The van der Waals surface area contributed by atoms with Crippen LogP contribution in [0.1, 0.15) is 11.3 Å². The van der Waals surface area contributed by atoms with Crippen LogP contribution in [0.3, 0.4) is 0 Å². The van der Waals surface area contributed by atoms with Crippen molar-refractivity contribution in [2.45, 2.75) is 12.7 Å². The highest BCUT2D eigenvalue weighted by molar-refractivity contribution is 5.75. The van der Waals surface area contributed by atoms with Gasteiger partial charge in [0, 0.05) is 43.1 Å². The standard InChI is InChI=1S/C15H15N7/c16-13-11(8-19-13)12-9-21-15-14(18-4-5-22(12)15)20-7-10-2-1-3-17-6-10/h1-6,8-9,13,19H,7,16H2,(H,18,20)/t13-/m1/s1. The molecule has 0 aromatic carbocycles. The lowest BCUT2D eigenvalue weighted by Gasteiger charge is -2.24. The summed E-state index contributed by atoms with van der Waals surface area (Å²) in [6.07, 6.45) is 10.8. The molecular formula is C15H15N7. The molecule has 110 valence electrons. The van der Waals surface area contributed by atoms with Crippen LogP contribution in [0.5, 0.6) is 0 Å². The van der Waals surface area contributed by atoms with Crippen LogP contribution >= 0.6 is 0 Å². The topological polar surface area (TPSA) is 93.2 Å². The molecule has 1 aliphatic heterocycles. The van der Waals surface area contributed by atoms with E-state index in [-0.39, 0.29) is 6.17 Å². The number of aromatic nitrogens is 4. The quantitative estimate of drug-likeness (QED) is 0.663. The average Bonchev–Trinajstić information content (AvgIpc) is 2.97. The van der Waals surface area contributed by atoms with Crippen molar-refractivity contribution in [3.8, 4) is 0 Å². The first kappa shape index (κ1) is 12.8. The van der Waals surface area contributed by atoms with Gasteiger partial charge in [-0.1, -0.05) is 6.07 Å². The zero-order valence-corrected chi connectivity index (χ0v) is 11.8. The molecule has 0 aliphatic carbocycles. The minimum atomic E-state index is -0.139. The SMILES string of the molecule is N[C@@H]1NC=C1c1cnc2c(NCc3cccnc3)nccn12. The van der Waals surface area contributed by atoms with Crippen LogP contribution in [0.4, 0.5) is 5.82 Å². The zero-order valence-electron chi connectivity index (χ0n) is 11.8. The number of hydrogen-bond donors (Lipinski definition) is 3. The van der Waals surface area contributed by atoms with Gasteiger partial charge in [-0.3, -0.25) is 9.38 Å². The van der Waals surface area contributed by atoms with Crippen molar-refractivity contribution in [1.29, 1.82) is 0 Å². The summed E-state index contributed by atoms with van der Waals surface area (Å²) in [5.41, 5.74) is 9.81. The Kier molecular flexibility index (Phi) is 2.97. The Morgan fingerprint density at radius 2 is 2.23 bits per heavy atom. The summed E-state index contributed by atoms with van der Waals surface area (Å²) >= 11 is 0. The fraction of sp³-hybridized carbons (Fsp3) is 0.133. The molecule has 1 atom stereocenters. The van der Waals surface area contributed by atoms with Gasteiger partial charge in [0.15, 0.2) is 11.5 Å². The van der Waals surface area contributed by atoms with E-state index in [9.17, 15) is 0 Å². The Balaban J connectivity index is 1.65. The third-order valence-corrected chi connectivity index (χ3v) is 3.66. The molecule has 0 unspecified atom stereocenters. The molecule has 0 saturated heterocycles. The first-order valence-electron chi connectivity index (χ1n) is 7.00. The molecule has 0 fully saturated rings. The smallest absolute Gasteiger partial charge is 0.180 e. The predicted octanol–water partition coefficient (Wildman–Crippen LogP) is 0.965. The van der Waals surface area contributed by atoms with Crippen LogP contribution < -0.4 is 16.4 Å². The summed E-state index contributed by atoms with van der Waals surface area (Å²) in [5.74, 6) is 0.735. The number of pyridine rings is 1. The Bertz CT molecular complexity index is 837. The van der Waals surface area contributed by atoms with Gasteiger partial charge in [-0.2, -0.15) is 0 Å². The summed E-state index contributed by atoms with van der Waals surface area (Å²) in [6, 6.07) is 3.93. The van der Waals surface area contributed by atoms with Crippen LogP contribution in [0.2, 0.25) is 0 Å². The molecule has 4 rings (SSSR count). The van der Waals surface area contributed by atoms with Gasteiger partial charge in [0.1, 0.15) is 6.17 Å². The van der Waals surface area contributed by atoms with E-state index in [1.165, 1.54) is 0 Å². The van der Waals surface area contributed by atoms with Gasteiger partial charge >= 0.3 is 0 Å². The van der Waals surface area contributed by atoms with E-state index in [1.54, 1.807) is 12.4 Å². The van der Waals surface area contributed by atoms with Gasteiger partial charge in [-0.05, 0) is 11.6 Å². The Morgan fingerprint density at radius 3 is 2.95 bits per heavy atom. The molecular weight excluding hydrogens is 278 g/mol. The normalized spacial score (nSPS) is 16.8. The second kappa shape index (κ2) is 5.12. The molecule has 4 heterocycles. The second-order valence-corrected chi connectivity index (χ2v) is 5.07. The van der Waals surface area contributed by atoms with Gasteiger partial charge in [0.25, 0.3) is 0 Å². The number of nitrogens with zero attached hydrogens (tertiary/aromatic N) is 4. The minimum Gasteiger partial charge on any atom is -0.372 e. The fourth-order valence-corrected chi connectivity index (χ4v) is 2.44. The Morgan fingerprint density at radius 1 is 1.27 bits per heavy atom. The van der Waals surface area contributed by atoms with Crippen molar-refractivity contribution >= 4 is 17.0 Å². The van der Waals surface area contributed by atoms with Gasteiger partial charge in [-0.25, -0.2) is 9.97 Å². The number of imidazole rings is 1. The lowest BCUT2D eigenvalue weighted by molar-refractivity contribution is 0.690. The third kappa shape index (κ3) is 2.08. The average molecular weight is 293 g/mol. The highest BCUT2D eigenvalue weighted by atomic mass is 15.1. The van der Waals surface area contributed by atoms with E-state index in [0.29, 0.717) is 6.54 Å². The maximum absolute atomic E-state index is 5.92. The van der Waals surface area contributed by atoms with Crippen molar-refractivity contribution in [3.05, 3.63) is 60.6 Å². The number of anilines is 1. The van der Waals surface area contributed by atoms with Crippen LogP contribution in [-0.2, 0) is 6.54 Å². The summed E-state index contributed by atoms with van der Waals surface area (Å²) in [7, 11) is 0. The van der Waals surface area contributed by atoms with Crippen LogP contribution in [0.15, 0.2) is 49.3 Å². The summed E-state index contributed by atoms with van der Waals surface area (Å²) in [5, 5.41) is 6.31. The predicted molar refractivity (Wildman–Crippen MR) is 83.6 cm³/mol. The molecule has 1 aliphatic rings. The lowest BCUT2D eigenvalue weighted by Crippen LogP contribution is -2.43. The number of rotatable bonds is 4. The molecule has 0 radical (unpaired) electrons. The van der Waals surface area contributed by atoms with Gasteiger partial charge in [0.05, 0.1) is 11.9 Å². The molecule has 0 spiro atoms. The number of nitrogens with two attached hydrogens (primary N) is 1. The van der Waals surface area contributed by atoms with E-state index in [0.717, 1.165) is 28.3 Å². The molecule has 3 aromatic heterocycles. The van der Waals surface area contributed by atoms with Crippen molar-refractivity contribution < 1.29 is 0 Å². The largest absolute Gasteiger partial charge is 0.372 e. The Labute approximate surface area is 126 Å². The number of nitrogens with one attached hydrogen (secondary N) is 2. The molecule has 0 amide bonds. The van der Waals surface area contributed by atoms with Crippen LogP contribution in [0, 0.1) is 0 Å². The van der Waals surface area contributed by atoms with E-state index >= 15 is 0 Å². The summed E-state index contributed by atoms with van der Waals surface area (Å²) < 4.78 is 1.99. The number of hydrogen-bond acceptors (Lipinski definition) is 6. The zero-order chi connectivity index (χ0) is 14.9. The van der Waals surface area contributed by atoms with E-state index in [4.69, 9.17) is 5.73 Å². The highest BCUT2D eigenvalue weighted by Gasteiger charge is 2.21. The van der Waals surface area contributed by atoms with E-state index in [1.807, 2.05) is 41.3 Å². The van der Waals surface area contributed by atoms with E-state index in [2.05, 4.69) is 25.6 Å². The minimum absolute atomic E-state index is 0.139. The second-order valence-electron chi connectivity index (χ2n) is 5.07. The third-order valence-electron chi connectivity index (χ3n) is 3.66. The molecule has 0 saturated carbocycles. The molecule has 3 aromatic rings. The first-order chi connectivity index (χ1) is 10.8.